The van der Waals surface area contributed by atoms with Crippen LogP contribution < -0.4 is 5.32 Å². The van der Waals surface area contributed by atoms with E-state index in [1.807, 2.05) is 38.1 Å². The van der Waals surface area contributed by atoms with Crippen molar-refractivity contribution in [3.8, 4) is 0 Å². The van der Waals surface area contributed by atoms with E-state index in [1.165, 1.54) is 6.33 Å². The predicted molar refractivity (Wildman–Crippen MR) is 96.3 cm³/mol. The average Bonchev–Trinajstić information content (AvgIpc) is 3.21. The van der Waals surface area contributed by atoms with Crippen LogP contribution in [-0.4, -0.2) is 31.6 Å². The topological polar surface area (TPSA) is 85.8 Å². The summed E-state index contributed by atoms with van der Waals surface area (Å²) >= 11 is 1.54. The van der Waals surface area contributed by atoms with E-state index in [1.54, 1.807) is 22.8 Å². The minimum Gasteiger partial charge on any atom is -0.361 e. The van der Waals surface area contributed by atoms with Crippen molar-refractivity contribution in [3.63, 3.8) is 0 Å². The zero-order valence-corrected chi connectivity index (χ0v) is 14.9. The van der Waals surface area contributed by atoms with Crippen molar-refractivity contribution in [1.82, 2.24) is 19.9 Å². The van der Waals surface area contributed by atoms with Gasteiger partial charge >= 0.3 is 0 Å². The minimum absolute atomic E-state index is 0.0270. The number of nitrogens with zero attached hydrogens (tertiary/aromatic N) is 4. The molecule has 2 heterocycles. The molecule has 1 aromatic carbocycles. The molecule has 0 atom stereocenters. The Morgan fingerprint density at radius 1 is 1.28 bits per heavy atom. The van der Waals surface area contributed by atoms with Crippen LogP contribution in [0, 0.1) is 13.8 Å². The lowest BCUT2D eigenvalue weighted by atomic mass is 10.2. The molecule has 0 aliphatic heterocycles. The highest BCUT2D eigenvalue weighted by molar-refractivity contribution is 7.99. The molecular formula is C17H19N5O2S. The maximum absolute atomic E-state index is 12.1. The molecule has 0 unspecified atom stereocenters. The number of rotatable bonds is 7. The molecule has 3 rings (SSSR count). The third-order valence-corrected chi connectivity index (χ3v) is 4.67. The van der Waals surface area contributed by atoms with Gasteiger partial charge in [-0.15, -0.1) is 11.8 Å². The Morgan fingerprint density at radius 2 is 2.08 bits per heavy atom. The highest BCUT2D eigenvalue weighted by Gasteiger charge is 2.10. The second-order valence-electron chi connectivity index (χ2n) is 5.63. The molecule has 0 bridgehead atoms. The van der Waals surface area contributed by atoms with Gasteiger partial charge in [0.1, 0.15) is 18.4 Å². The number of hydrogen-bond acceptors (Lipinski definition) is 6. The monoisotopic (exact) mass is 357 g/mol. The van der Waals surface area contributed by atoms with Crippen LogP contribution in [0.5, 0.6) is 0 Å². The van der Waals surface area contributed by atoms with Gasteiger partial charge in [0.15, 0.2) is 0 Å². The first-order valence-corrected chi connectivity index (χ1v) is 8.98. The third-order valence-electron chi connectivity index (χ3n) is 3.71. The lowest BCUT2D eigenvalue weighted by Gasteiger charge is -2.07. The highest BCUT2D eigenvalue weighted by Crippen LogP contribution is 2.19. The molecule has 0 aliphatic carbocycles. The van der Waals surface area contributed by atoms with E-state index < -0.39 is 0 Å². The third kappa shape index (κ3) is 4.69. The number of carbonyl (C=O) groups is 1. The molecule has 0 saturated heterocycles. The van der Waals surface area contributed by atoms with Gasteiger partial charge in [-0.05, 0) is 31.5 Å². The summed E-state index contributed by atoms with van der Waals surface area (Å²) in [5, 5.41) is 10.9. The number of amides is 1. The normalized spacial score (nSPS) is 10.8. The van der Waals surface area contributed by atoms with E-state index in [4.69, 9.17) is 4.52 Å². The largest absolute Gasteiger partial charge is 0.361 e. The first-order chi connectivity index (χ1) is 12.1. The second-order valence-corrected chi connectivity index (χ2v) is 6.62. The van der Waals surface area contributed by atoms with Crippen LogP contribution in [0.2, 0.25) is 0 Å². The summed E-state index contributed by atoms with van der Waals surface area (Å²) in [5.41, 5.74) is 3.82. The molecule has 0 saturated carbocycles. The summed E-state index contributed by atoms with van der Waals surface area (Å²) in [5.74, 6) is 1.88. The van der Waals surface area contributed by atoms with Crippen molar-refractivity contribution >= 4 is 23.4 Å². The molecule has 25 heavy (non-hydrogen) atoms. The predicted octanol–water partition coefficient (Wildman–Crippen LogP) is 2.80. The smallest absolute Gasteiger partial charge is 0.234 e. The van der Waals surface area contributed by atoms with Crippen LogP contribution >= 0.6 is 11.8 Å². The van der Waals surface area contributed by atoms with E-state index in [0.29, 0.717) is 18.1 Å². The summed E-state index contributed by atoms with van der Waals surface area (Å²) in [6.07, 6.45) is 3.18. The van der Waals surface area contributed by atoms with Gasteiger partial charge in [0.2, 0.25) is 5.91 Å². The van der Waals surface area contributed by atoms with E-state index in [9.17, 15) is 4.79 Å². The van der Waals surface area contributed by atoms with Gasteiger partial charge in [-0.3, -0.25) is 4.79 Å². The van der Waals surface area contributed by atoms with Gasteiger partial charge in [-0.1, -0.05) is 17.3 Å². The molecule has 130 valence electrons. The van der Waals surface area contributed by atoms with Gasteiger partial charge in [-0.2, -0.15) is 5.10 Å². The fourth-order valence-electron chi connectivity index (χ4n) is 2.35. The minimum atomic E-state index is -0.0270. The molecule has 3 aromatic rings. The molecule has 0 radical (unpaired) electrons. The molecule has 0 fully saturated rings. The van der Waals surface area contributed by atoms with Crippen molar-refractivity contribution in [3.05, 3.63) is 59.5 Å². The number of hydrogen-bond donors (Lipinski definition) is 1. The zero-order chi connectivity index (χ0) is 17.6. The van der Waals surface area contributed by atoms with E-state index in [-0.39, 0.29) is 5.91 Å². The number of carbonyl (C=O) groups excluding carboxylic acids is 1. The number of thioether (sulfide) groups is 1. The maximum atomic E-state index is 12.1. The van der Waals surface area contributed by atoms with Crippen LogP contribution in [0.25, 0.3) is 0 Å². The zero-order valence-electron chi connectivity index (χ0n) is 14.1. The number of nitrogens with one attached hydrogen (secondary N) is 1. The van der Waals surface area contributed by atoms with Crippen molar-refractivity contribution in [2.24, 2.45) is 0 Å². The SMILES string of the molecule is Cc1noc(C)c1CSCC(=O)Nc1ccc(Cn2cncn2)cc1. The van der Waals surface area contributed by atoms with Gasteiger partial charge in [0, 0.05) is 17.0 Å². The van der Waals surface area contributed by atoms with Gasteiger partial charge in [-0.25, -0.2) is 9.67 Å². The van der Waals surface area contributed by atoms with E-state index in [0.717, 1.165) is 28.3 Å². The Hall–Kier alpha value is -2.61. The second kappa shape index (κ2) is 7.98. The summed E-state index contributed by atoms with van der Waals surface area (Å²) in [4.78, 5) is 16.0. The standard InChI is InChI=1S/C17H19N5O2S/c1-12-16(13(2)24-21-12)8-25-9-17(23)20-15-5-3-14(4-6-15)7-22-11-18-10-19-22/h3-6,10-11H,7-9H2,1-2H3,(H,20,23). The van der Waals surface area contributed by atoms with Crippen molar-refractivity contribution < 1.29 is 9.32 Å². The van der Waals surface area contributed by atoms with Crippen LogP contribution in [0.3, 0.4) is 0 Å². The van der Waals surface area contributed by atoms with E-state index >= 15 is 0 Å². The Morgan fingerprint density at radius 3 is 2.72 bits per heavy atom. The maximum Gasteiger partial charge on any atom is 0.234 e. The Labute approximate surface area is 149 Å². The van der Waals surface area contributed by atoms with Gasteiger partial charge in [0.25, 0.3) is 0 Å². The summed E-state index contributed by atoms with van der Waals surface area (Å²) in [6.45, 7) is 4.45. The van der Waals surface area contributed by atoms with Gasteiger partial charge in [0.05, 0.1) is 18.0 Å². The Kier molecular flexibility index (Phi) is 5.49. The van der Waals surface area contributed by atoms with Crippen molar-refractivity contribution in [1.29, 1.82) is 0 Å². The lowest BCUT2D eigenvalue weighted by molar-refractivity contribution is -0.113. The number of aryl methyl sites for hydroxylation is 2. The molecule has 0 spiro atoms. The molecule has 7 nitrogen and oxygen atoms in total. The van der Waals surface area contributed by atoms with Crippen LogP contribution in [0.1, 0.15) is 22.6 Å². The van der Waals surface area contributed by atoms with Crippen LogP contribution in [0.15, 0.2) is 41.4 Å². The molecule has 2 aromatic heterocycles. The summed E-state index contributed by atoms with van der Waals surface area (Å²) < 4.78 is 6.87. The molecule has 0 aliphatic rings. The average molecular weight is 357 g/mol. The lowest BCUT2D eigenvalue weighted by Crippen LogP contribution is -2.14. The Bertz CT molecular complexity index is 808. The fourth-order valence-corrected chi connectivity index (χ4v) is 3.32. The highest BCUT2D eigenvalue weighted by atomic mass is 32.2. The summed E-state index contributed by atoms with van der Waals surface area (Å²) in [7, 11) is 0. The van der Waals surface area contributed by atoms with Crippen molar-refractivity contribution in [2.45, 2.75) is 26.1 Å². The first kappa shape index (κ1) is 17.2. The number of benzene rings is 1. The van der Waals surface area contributed by atoms with Crippen LogP contribution in [0.4, 0.5) is 5.69 Å². The first-order valence-electron chi connectivity index (χ1n) is 7.82. The Balaban J connectivity index is 1.46. The molecule has 8 heteroatoms. The van der Waals surface area contributed by atoms with E-state index in [2.05, 4.69) is 20.6 Å². The van der Waals surface area contributed by atoms with Gasteiger partial charge < -0.3 is 9.84 Å². The quantitative estimate of drug-likeness (QED) is 0.700. The summed E-state index contributed by atoms with van der Waals surface area (Å²) in [6, 6.07) is 7.72. The molecule has 1 N–H and O–H groups in total. The molecule has 1 amide bonds. The fraction of sp³-hybridized carbons (Fsp3) is 0.294. The number of aromatic nitrogens is 4. The van der Waals surface area contributed by atoms with Crippen LogP contribution in [-0.2, 0) is 17.1 Å². The molecular weight excluding hydrogens is 338 g/mol. The number of anilines is 1. The van der Waals surface area contributed by atoms with Crippen molar-refractivity contribution in [2.75, 3.05) is 11.1 Å².